The molecule has 1 aromatic heterocycles. The van der Waals surface area contributed by atoms with Crippen LogP contribution in [0.4, 0.5) is 5.69 Å². The highest BCUT2D eigenvalue weighted by Crippen LogP contribution is 2.15. The van der Waals surface area contributed by atoms with E-state index < -0.39 is 4.92 Å². The van der Waals surface area contributed by atoms with Crippen LogP contribution >= 0.6 is 0 Å². The summed E-state index contributed by atoms with van der Waals surface area (Å²) in [5.74, 6) is 0.159. The highest BCUT2D eigenvalue weighted by Gasteiger charge is 2.05. The van der Waals surface area contributed by atoms with Crippen LogP contribution in [0, 0.1) is 17.0 Å². The van der Waals surface area contributed by atoms with Crippen LogP contribution in [0.2, 0.25) is 0 Å². The molecule has 0 radical (unpaired) electrons. The number of aromatic hydroxyl groups is 1. The van der Waals surface area contributed by atoms with Gasteiger partial charge in [-0.1, -0.05) is 12.1 Å². The molecule has 1 heterocycles. The second-order valence-corrected chi connectivity index (χ2v) is 4.45. The van der Waals surface area contributed by atoms with Crippen LogP contribution < -0.4 is 5.32 Å². The van der Waals surface area contributed by atoms with Gasteiger partial charge in [0.25, 0.3) is 5.69 Å². The van der Waals surface area contributed by atoms with E-state index in [4.69, 9.17) is 0 Å². The van der Waals surface area contributed by atoms with Gasteiger partial charge in [-0.25, -0.2) is 0 Å². The number of non-ortho nitro benzene ring substituents is 1. The van der Waals surface area contributed by atoms with Crippen LogP contribution in [0.1, 0.15) is 17.0 Å². The van der Waals surface area contributed by atoms with Crippen LogP contribution in [0.5, 0.6) is 5.75 Å². The van der Waals surface area contributed by atoms with Crippen LogP contribution in [0.15, 0.2) is 36.4 Å². The number of aryl methyl sites for hydroxylation is 1. The molecule has 0 aliphatic rings. The van der Waals surface area contributed by atoms with Gasteiger partial charge in [-0.3, -0.25) is 15.1 Å². The zero-order valence-electron chi connectivity index (χ0n) is 11.0. The Balaban J connectivity index is 1.92. The minimum absolute atomic E-state index is 0.0757. The first-order valence-corrected chi connectivity index (χ1v) is 6.16. The van der Waals surface area contributed by atoms with Crippen molar-refractivity contribution < 1.29 is 10.0 Å². The summed E-state index contributed by atoms with van der Waals surface area (Å²) in [6.45, 7) is 2.84. The summed E-state index contributed by atoms with van der Waals surface area (Å²) >= 11 is 0. The Hall–Kier alpha value is -2.47. The summed E-state index contributed by atoms with van der Waals surface area (Å²) in [4.78, 5) is 14.3. The van der Waals surface area contributed by atoms with Crippen LogP contribution in [-0.4, -0.2) is 15.0 Å². The summed E-state index contributed by atoms with van der Waals surface area (Å²) in [7, 11) is 0. The van der Waals surface area contributed by atoms with E-state index in [9.17, 15) is 15.2 Å². The standard InChI is InChI=1S/C14H15N3O3/c1-10-2-7-14(18)13(16-10)9-15-8-11-3-5-12(6-4-11)17(19)20/h2-7,15,18H,8-9H2,1H3. The molecule has 0 aliphatic heterocycles. The fourth-order valence-corrected chi connectivity index (χ4v) is 1.79. The molecule has 6 nitrogen and oxygen atoms in total. The molecule has 104 valence electrons. The molecule has 0 bridgehead atoms. The highest BCUT2D eigenvalue weighted by molar-refractivity contribution is 5.33. The maximum absolute atomic E-state index is 10.5. The third-order valence-electron chi connectivity index (χ3n) is 2.86. The number of rotatable bonds is 5. The highest BCUT2D eigenvalue weighted by atomic mass is 16.6. The third kappa shape index (κ3) is 3.52. The fourth-order valence-electron chi connectivity index (χ4n) is 1.79. The number of hydrogen-bond acceptors (Lipinski definition) is 5. The lowest BCUT2D eigenvalue weighted by Crippen LogP contribution is -2.14. The molecule has 2 aromatic rings. The first-order valence-electron chi connectivity index (χ1n) is 6.16. The third-order valence-corrected chi connectivity index (χ3v) is 2.86. The van der Waals surface area contributed by atoms with Crippen molar-refractivity contribution in [1.82, 2.24) is 10.3 Å². The van der Waals surface area contributed by atoms with Gasteiger partial charge < -0.3 is 10.4 Å². The molecule has 2 rings (SSSR count). The number of benzene rings is 1. The summed E-state index contributed by atoms with van der Waals surface area (Å²) < 4.78 is 0. The zero-order chi connectivity index (χ0) is 14.5. The summed E-state index contributed by atoms with van der Waals surface area (Å²) in [5.41, 5.74) is 2.44. The minimum Gasteiger partial charge on any atom is -0.506 e. The van der Waals surface area contributed by atoms with Crippen molar-refractivity contribution in [2.75, 3.05) is 0 Å². The van der Waals surface area contributed by atoms with Crippen molar-refractivity contribution in [1.29, 1.82) is 0 Å². The monoisotopic (exact) mass is 273 g/mol. The van der Waals surface area contributed by atoms with E-state index in [-0.39, 0.29) is 11.4 Å². The van der Waals surface area contributed by atoms with Gasteiger partial charge in [0.2, 0.25) is 0 Å². The Kier molecular flexibility index (Phi) is 4.27. The number of hydrogen-bond donors (Lipinski definition) is 2. The molecule has 0 spiro atoms. The van der Waals surface area contributed by atoms with E-state index in [2.05, 4.69) is 10.3 Å². The summed E-state index contributed by atoms with van der Waals surface area (Å²) in [6, 6.07) is 9.71. The molecule has 0 atom stereocenters. The second kappa shape index (κ2) is 6.12. The number of nitrogens with zero attached hydrogens (tertiary/aromatic N) is 2. The van der Waals surface area contributed by atoms with Gasteiger partial charge in [0.1, 0.15) is 5.75 Å². The Labute approximate surface area is 116 Å². The van der Waals surface area contributed by atoms with E-state index in [1.807, 2.05) is 6.92 Å². The normalized spacial score (nSPS) is 10.4. The SMILES string of the molecule is Cc1ccc(O)c(CNCc2ccc([N+](=O)[O-])cc2)n1. The topological polar surface area (TPSA) is 88.3 Å². The van der Waals surface area contributed by atoms with Gasteiger partial charge in [0.15, 0.2) is 0 Å². The van der Waals surface area contributed by atoms with Crippen LogP contribution in [0.3, 0.4) is 0 Å². The minimum atomic E-state index is -0.425. The van der Waals surface area contributed by atoms with Crippen LogP contribution in [0.25, 0.3) is 0 Å². The molecule has 0 fully saturated rings. The molecule has 0 amide bonds. The quantitative estimate of drug-likeness (QED) is 0.644. The second-order valence-electron chi connectivity index (χ2n) is 4.45. The van der Waals surface area contributed by atoms with Gasteiger partial charge >= 0.3 is 0 Å². The predicted octanol–water partition coefficient (Wildman–Crippen LogP) is 2.29. The Morgan fingerprint density at radius 2 is 1.90 bits per heavy atom. The molecule has 0 saturated heterocycles. The van der Waals surface area contributed by atoms with Gasteiger partial charge in [-0.05, 0) is 24.6 Å². The van der Waals surface area contributed by atoms with E-state index in [0.717, 1.165) is 11.3 Å². The Bertz CT molecular complexity index is 612. The molecular weight excluding hydrogens is 258 g/mol. The number of aromatic nitrogens is 1. The van der Waals surface area contributed by atoms with Crippen molar-refractivity contribution in [3.63, 3.8) is 0 Å². The van der Waals surface area contributed by atoms with E-state index >= 15 is 0 Å². The number of nitro groups is 1. The zero-order valence-corrected chi connectivity index (χ0v) is 11.0. The average molecular weight is 273 g/mol. The summed E-state index contributed by atoms with van der Waals surface area (Å²) in [5, 5.41) is 23.3. The lowest BCUT2D eigenvalue weighted by molar-refractivity contribution is -0.384. The first kappa shape index (κ1) is 14.0. The molecule has 2 N–H and O–H groups in total. The molecule has 0 saturated carbocycles. The molecule has 6 heteroatoms. The Morgan fingerprint density at radius 3 is 2.55 bits per heavy atom. The Morgan fingerprint density at radius 1 is 1.20 bits per heavy atom. The number of pyridine rings is 1. The number of nitrogens with one attached hydrogen (secondary N) is 1. The first-order chi connectivity index (χ1) is 9.56. The van der Waals surface area contributed by atoms with E-state index in [0.29, 0.717) is 18.8 Å². The van der Waals surface area contributed by atoms with E-state index in [1.165, 1.54) is 12.1 Å². The fraction of sp³-hybridized carbons (Fsp3) is 0.214. The van der Waals surface area contributed by atoms with Crippen molar-refractivity contribution >= 4 is 5.69 Å². The lowest BCUT2D eigenvalue weighted by atomic mass is 10.2. The van der Waals surface area contributed by atoms with E-state index in [1.54, 1.807) is 24.3 Å². The van der Waals surface area contributed by atoms with Gasteiger partial charge in [-0.2, -0.15) is 0 Å². The van der Waals surface area contributed by atoms with Gasteiger partial charge in [0, 0.05) is 30.9 Å². The largest absolute Gasteiger partial charge is 0.506 e. The van der Waals surface area contributed by atoms with Crippen molar-refractivity contribution in [3.05, 3.63) is 63.5 Å². The molecule has 0 unspecified atom stereocenters. The predicted molar refractivity (Wildman–Crippen MR) is 74.3 cm³/mol. The molecule has 20 heavy (non-hydrogen) atoms. The van der Waals surface area contributed by atoms with Crippen molar-refractivity contribution in [2.24, 2.45) is 0 Å². The maximum Gasteiger partial charge on any atom is 0.269 e. The molecule has 1 aromatic carbocycles. The van der Waals surface area contributed by atoms with Crippen molar-refractivity contribution in [3.8, 4) is 5.75 Å². The molecule has 0 aliphatic carbocycles. The summed E-state index contributed by atoms with van der Waals surface area (Å²) in [6.07, 6.45) is 0. The van der Waals surface area contributed by atoms with Crippen molar-refractivity contribution in [2.45, 2.75) is 20.0 Å². The number of nitro benzene ring substituents is 1. The van der Waals surface area contributed by atoms with Crippen LogP contribution in [-0.2, 0) is 13.1 Å². The van der Waals surface area contributed by atoms with Gasteiger partial charge in [-0.15, -0.1) is 0 Å². The maximum atomic E-state index is 10.5. The lowest BCUT2D eigenvalue weighted by Gasteiger charge is -2.07. The smallest absolute Gasteiger partial charge is 0.269 e. The van der Waals surface area contributed by atoms with Gasteiger partial charge in [0.05, 0.1) is 10.6 Å². The molecular formula is C14H15N3O3. The average Bonchev–Trinajstić information content (AvgIpc) is 2.43.